The van der Waals surface area contributed by atoms with Gasteiger partial charge in [-0.1, -0.05) is 35.9 Å². The van der Waals surface area contributed by atoms with Crippen molar-refractivity contribution in [2.45, 2.75) is 6.54 Å². The third-order valence-electron chi connectivity index (χ3n) is 2.66. The number of amides is 2. The minimum atomic E-state index is -0.854. The van der Waals surface area contributed by atoms with Gasteiger partial charge in [0, 0.05) is 29.5 Å². The van der Waals surface area contributed by atoms with Crippen LogP contribution < -0.4 is 10.7 Å². The summed E-state index contributed by atoms with van der Waals surface area (Å²) in [6.45, 7) is 0.217. The van der Waals surface area contributed by atoms with Gasteiger partial charge in [0.25, 0.3) is 0 Å². The van der Waals surface area contributed by atoms with E-state index >= 15 is 0 Å². The Morgan fingerprint density at radius 3 is 2.73 bits per heavy atom. The van der Waals surface area contributed by atoms with Crippen LogP contribution in [0.15, 0.2) is 53.9 Å². The Hall–Kier alpha value is -2.73. The van der Waals surface area contributed by atoms with Gasteiger partial charge < -0.3 is 5.32 Å². The standard InChI is InChI=1S/C15H13ClN4O2/c16-13-6-2-1-5-12(13)10-19-20-15(22)14(21)18-9-11-4-3-7-17-8-11/h1-8,10H,9H2,(H,18,21)(H,20,22)/b19-10-. The number of carbonyl (C=O) groups is 2. The minimum Gasteiger partial charge on any atom is -0.344 e. The highest BCUT2D eigenvalue weighted by atomic mass is 35.5. The number of pyridine rings is 1. The number of carbonyl (C=O) groups excluding carboxylic acids is 2. The molecule has 0 fully saturated rings. The van der Waals surface area contributed by atoms with Crippen LogP contribution in [0.4, 0.5) is 0 Å². The first kappa shape index (κ1) is 15.7. The van der Waals surface area contributed by atoms with E-state index in [-0.39, 0.29) is 6.54 Å². The lowest BCUT2D eigenvalue weighted by atomic mass is 10.2. The van der Waals surface area contributed by atoms with Gasteiger partial charge in [0.15, 0.2) is 0 Å². The largest absolute Gasteiger partial charge is 0.344 e. The number of benzene rings is 1. The summed E-state index contributed by atoms with van der Waals surface area (Å²) in [6.07, 6.45) is 4.60. The van der Waals surface area contributed by atoms with Crippen LogP contribution >= 0.6 is 11.6 Å². The molecule has 22 heavy (non-hydrogen) atoms. The van der Waals surface area contributed by atoms with Gasteiger partial charge in [0.05, 0.1) is 6.21 Å². The molecule has 0 aliphatic rings. The summed E-state index contributed by atoms with van der Waals surface area (Å²) < 4.78 is 0. The highest BCUT2D eigenvalue weighted by molar-refractivity contribution is 6.35. The molecule has 0 bridgehead atoms. The molecule has 0 saturated carbocycles. The van der Waals surface area contributed by atoms with E-state index in [0.717, 1.165) is 5.56 Å². The molecule has 0 unspecified atom stereocenters. The zero-order valence-electron chi connectivity index (χ0n) is 11.5. The molecule has 1 aromatic heterocycles. The van der Waals surface area contributed by atoms with Gasteiger partial charge in [-0.05, 0) is 17.7 Å². The number of halogens is 1. The molecule has 1 aromatic carbocycles. The van der Waals surface area contributed by atoms with Crippen molar-refractivity contribution < 1.29 is 9.59 Å². The monoisotopic (exact) mass is 316 g/mol. The van der Waals surface area contributed by atoms with Crippen LogP contribution in [0.5, 0.6) is 0 Å². The van der Waals surface area contributed by atoms with Crippen molar-refractivity contribution in [3.63, 3.8) is 0 Å². The van der Waals surface area contributed by atoms with Crippen molar-refractivity contribution in [1.29, 1.82) is 0 Å². The Kier molecular flexibility index (Phi) is 5.62. The number of nitrogens with zero attached hydrogens (tertiary/aromatic N) is 2. The first-order valence-electron chi connectivity index (χ1n) is 6.41. The van der Waals surface area contributed by atoms with Gasteiger partial charge >= 0.3 is 11.8 Å². The summed E-state index contributed by atoms with van der Waals surface area (Å²) >= 11 is 5.93. The number of hydrazone groups is 1. The van der Waals surface area contributed by atoms with Gasteiger partial charge in [-0.25, -0.2) is 5.43 Å². The second-order valence-corrected chi connectivity index (χ2v) is 4.67. The Morgan fingerprint density at radius 2 is 2.00 bits per heavy atom. The smallest absolute Gasteiger partial charge is 0.329 e. The van der Waals surface area contributed by atoms with Gasteiger partial charge in [-0.3, -0.25) is 14.6 Å². The zero-order chi connectivity index (χ0) is 15.8. The fourth-order valence-corrected chi connectivity index (χ4v) is 1.74. The first-order chi connectivity index (χ1) is 10.7. The van der Waals surface area contributed by atoms with Crippen molar-refractivity contribution in [2.24, 2.45) is 5.10 Å². The molecule has 2 N–H and O–H groups in total. The summed E-state index contributed by atoms with van der Waals surface area (Å²) in [7, 11) is 0. The van der Waals surface area contributed by atoms with Crippen LogP contribution in [0.1, 0.15) is 11.1 Å². The number of aromatic nitrogens is 1. The van der Waals surface area contributed by atoms with Gasteiger partial charge in [0.1, 0.15) is 0 Å². The predicted molar refractivity (Wildman–Crippen MR) is 83.3 cm³/mol. The quantitative estimate of drug-likeness (QED) is 0.509. The molecule has 6 nitrogen and oxygen atoms in total. The lowest BCUT2D eigenvalue weighted by Crippen LogP contribution is -2.37. The summed E-state index contributed by atoms with van der Waals surface area (Å²) in [4.78, 5) is 27.0. The van der Waals surface area contributed by atoms with E-state index in [1.807, 2.05) is 0 Å². The normalized spacial score (nSPS) is 10.4. The van der Waals surface area contributed by atoms with Gasteiger partial charge in [0.2, 0.25) is 0 Å². The summed E-state index contributed by atoms with van der Waals surface area (Å²) in [6, 6.07) is 10.5. The number of hydrogen-bond donors (Lipinski definition) is 2. The highest BCUT2D eigenvalue weighted by Crippen LogP contribution is 2.11. The second kappa shape index (κ2) is 7.90. The van der Waals surface area contributed by atoms with Crippen LogP contribution in [0.25, 0.3) is 0 Å². The number of nitrogens with one attached hydrogen (secondary N) is 2. The van der Waals surface area contributed by atoms with Crippen LogP contribution in [0, 0.1) is 0 Å². The molecule has 112 valence electrons. The number of hydrogen-bond acceptors (Lipinski definition) is 4. The van der Waals surface area contributed by atoms with Gasteiger partial charge in [-0.2, -0.15) is 5.10 Å². The Morgan fingerprint density at radius 1 is 1.18 bits per heavy atom. The van der Waals surface area contributed by atoms with Crippen LogP contribution in [-0.4, -0.2) is 23.0 Å². The van der Waals surface area contributed by atoms with Crippen molar-refractivity contribution in [1.82, 2.24) is 15.7 Å². The third kappa shape index (κ3) is 4.68. The molecule has 1 heterocycles. The van der Waals surface area contributed by atoms with Crippen LogP contribution in [0.3, 0.4) is 0 Å². The average Bonchev–Trinajstić information content (AvgIpc) is 2.55. The summed E-state index contributed by atoms with van der Waals surface area (Å²) in [5.74, 6) is -1.63. The van der Waals surface area contributed by atoms with Gasteiger partial charge in [-0.15, -0.1) is 0 Å². The maximum Gasteiger partial charge on any atom is 0.329 e. The molecule has 2 rings (SSSR count). The lowest BCUT2D eigenvalue weighted by molar-refractivity contribution is -0.139. The summed E-state index contributed by atoms with van der Waals surface area (Å²) in [5.41, 5.74) is 3.57. The van der Waals surface area contributed by atoms with E-state index in [4.69, 9.17) is 11.6 Å². The molecule has 7 heteroatoms. The maximum atomic E-state index is 11.6. The molecule has 0 radical (unpaired) electrons. The Bertz CT molecular complexity index is 689. The predicted octanol–water partition coefficient (Wildman–Crippen LogP) is 1.50. The van der Waals surface area contributed by atoms with E-state index < -0.39 is 11.8 Å². The first-order valence-corrected chi connectivity index (χ1v) is 6.79. The van der Waals surface area contributed by atoms with E-state index in [1.165, 1.54) is 6.21 Å². The van der Waals surface area contributed by atoms with E-state index in [1.54, 1.807) is 48.8 Å². The van der Waals surface area contributed by atoms with Crippen molar-refractivity contribution in [3.05, 3.63) is 64.9 Å². The molecule has 2 amide bonds. The Labute approximate surface area is 132 Å². The molecular formula is C15H13ClN4O2. The minimum absolute atomic E-state index is 0.217. The Balaban J connectivity index is 1.82. The molecule has 0 saturated heterocycles. The topological polar surface area (TPSA) is 83.5 Å². The van der Waals surface area contributed by atoms with Crippen LogP contribution in [0.2, 0.25) is 5.02 Å². The molecule has 0 atom stereocenters. The van der Waals surface area contributed by atoms with Crippen molar-refractivity contribution in [3.8, 4) is 0 Å². The molecule has 0 aliphatic heterocycles. The SMILES string of the molecule is O=C(NCc1cccnc1)C(=O)N/N=C\c1ccccc1Cl. The van der Waals surface area contributed by atoms with Crippen molar-refractivity contribution in [2.75, 3.05) is 0 Å². The zero-order valence-corrected chi connectivity index (χ0v) is 12.2. The second-order valence-electron chi connectivity index (χ2n) is 4.26. The fraction of sp³-hybridized carbons (Fsp3) is 0.0667. The van der Waals surface area contributed by atoms with Crippen molar-refractivity contribution >= 4 is 29.6 Å². The summed E-state index contributed by atoms with van der Waals surface area (Å²) in [5, 5.41) is 6.67. The third-order valence-corrected chi connectivity index (χ3v) is 3.00. The van der Waals surface area contributed by atoms with E-state index in [0.29, 0.717) is 10.6 Å². The highest BCUT2D eigenvalue weighted by Gasteiger charge is 2.11. The molecule has 0 spiro atoms. The van der Waals surface area contributed by atoms with Crippen LogP contribution in [-0.2, 0) is 16.1 Å². The molecule has 2 aromatic rings. The lowest BCUT2D eigenvalue weighted by Gasteiger charge is -2.03. The average molecular weight is 317 g/mol. The molecular weight excluding hydrogens is 304 g/mol. The van der Waals surface area contributed by atoms with E-state index in [2.05, 4.69) is 20.8 Å². The maximum absolute atomic E-state index is 11.6. The number of rotatable bonds is 4. The fourth-order valence-electron chi connectivity index (χ4n) is 1.56. The molecule has 0 aliphatic carbocycles. The van der Waals surface area contributed by atoms with E-state index in [9.17, 15) is 9.59 Å².